The number of ether oxygens (including phenoxy) is 2. The lowest BCUT2D eigenvalue weighted by atomic mass is 10.1. The van der Waals surface area contributed by atoms with E-state index in [2.05, 4.69) is 26.0 Å². The number of hydrogen-bond donors (Lipinski definition) is 1. The summed E-state index contributed by atoms with van der Waals surface area (Å²) in [6, 6.07) is 6.19. The fraction of sp³-hybridized carbons (Fsp3) is 0.571. The van der Waals surface area contributed by atoms with Crippen LogP contribution in [0.1, 0.15) is 24.0 Å². The highest BCUT2D eigenvalue weighted by molar-refractivity contribution is 5.39. The molecule has 0 bridgehead atoms. The zero-order chi connectivity index (χ0) is 12.5. The van der Waals surface area contributed by atoms with E-state index < -0.39 is 0 Å². The van der Waals surface area contributed by atoms with Crippen molar-refractivity contribution in [2.75, 3.05) is 26.4 Å². The lowest BCUT2D eigenvalue weighted by Crippen LogP contribution is -2.08. The second kappa shape index (κ2) is 8.09. The third kappa shape index (κ3) is 5.20. The molecular weight excluding hydrogens is 214 g/mol. The van der Waals surface area contributed by atoms with Crippen molar-refractivity contribution in [1.82, 2.24) is 0 Å². The predicted molar refractivity (Wildman–Crippen MR) is 70.5 cm³/mol. The van der Waals surface area contributed by atoms with Gasteiger partial charge in [-0.1, -0.05) is 18.2 Å². The molecule has 0 aromatic heterocycles. The molecule has 0 aliphatic carbocycles. The molecule has 1 aromatic rings. The second-order valence-corrected chi connectivity index (χ2v) is 4.18. The topological polar surface area (TPSA) is 44.5 Å². The molecule has 0 radical (unpaired) electrons. The van der Waals surface area contributed by atoms with Gasteiger partial charge in [-0.25, -0.2) is 0 Å². The average molecular weight is 237 g/mol. The van der Waals surface area contributed by atoms with Gasteiger partial charge in [-0.15, -0.1) is 0 Å². The van der Waals surface area contributed by atoms with Gasteiger partial charge < -0.3 is 15.2 Å². The zero-order valence-electron chi connectivity index (χ0n) is 10.9. The van der Waals surface area contributed by atoms with Crippen LogP contribution in [-0.2, 0) is 4.74 Å². The van der Waals surface area contributed by atoms with E-state index >= 15 is 0 Å². The summed E-state index contributed by atoms with van der Waals surface area (Å²) in [4.78, 5) is 0. The van der Waals surface area contributed by atoms with Crippen LogP contribution in [0.15, 0.2) is 18.2 Å². The lowest BCUT2D eigenvalue weighted by Gasteiger charge is -2.11. The van der Waals surface area contributed by atoms with Gasteiger partial charge in [0.1, 0.15) is 5.75 Å². The highest BCUT2D eigenvalue weighted by atomic mass is 16.5. The predicted octanol–water partition coefficient (Wildman–Crippen LogP) is 2.44. The summed E-state index contributed by atoms with van der Waals surface area (Å²) in [5, 5.41) is 0. The first kappa shape index (κ1) is 14.0. The quantitative estimate of drug-likeness (QED) is 0.706. The van der Waals surface area contributed by atoms with Gasteiger partial charge in [0.05, 0.1) is 6.61 Å². The van der Waals surface area contributed by atoms with Crippen LogP contribution in [0.2, 0.25) is 0 Å². The summed E-state index contributed by atoms with van der Waals surface area (Å²) in [5.74, 6) is 1.01. The Balaban J connectivity index is 2.18. The van der Waals surface area contributed by atoms with Crippen molar-refractivity contribution in [3.63, 3.8) is 0 Å². The van der Waals surface area contributed by atoms with E-state index in [9.17, 15) is 0 Å². The highest BCUT2D eigenvalue weighted by Crippen LogP contribution is 2.22. The summed E-state index contributed by atoms with van der Waals surface area (Å²) < 4.78 is 11.2. The van der Waals surface area contributed by atoms with E-state index in [0.29, 0.717) is 13.2 Å². The van der Waals surface area contributed by atoms with Gasteiger partial charge in [-0.05, 0) is 37.9 Å². The van der Waals surface area contributed by atoms with Gasteiger partial charge in [0.25, 0.3) is 0 Å². The molecular formula is C14H23NO2. The van der Waals surface area contributed by atoms with Crippen molar-refractivity contribution >= 4 is 0 Å². The minimum atomic E-state index is 0.693. The Bertz CT molecular complexity index is 306. The Morgan fingerprint density at radius 2 is 1.65 bits per heavy atom. The SMILES string of the molecule is Cc1cccc(C)c1OCCCOCCCN. The first-order valence-electron chi connectivity index (χ1n) is 6.22. The fourth-order valence-electron chi connectivity index (χ4n) is 1.65. The molecule has 0 unspecified atom stereocenters. The molecule has 1 aromatic carbocycles. The number of nitrogens with two attached hydrogens (primary N) is 1. The number of hydrogen-bond acceptors (Lipinski definition) is 3. The Morgan fingerprint density at radius 3 is 2.29 bits per heavy atom. The van der Waals surface area contributed by atoms with Crippen molar-refractivity contribution in [3.05, 3.63) is 29.3 Å². The summed E-state index contributed by atoms with van der Waals surface area (Å²) in [5.41, 5.74) is 7.75. The van der Waals surface area contributed by atoms with Crippen molar-refractivity contribution in [1.29, 1.82) is 0 Å². The molecule has 0 atom stereocenters. The third-order valence-electron chi connectivity index (χ3n) is 2.58. The fourth-order valence-corrected chi connectivity index (χ4v) is 1.65. The van der Waals surface area contributed by atoms with Gasteiger partial charge in [-0.2, -0.15) is 0 Å². The molecule has 0 saturated heterocycles. The van der Waals surface area contributed by atoms with Crippen LogP contribution < -0.4 is 10.5 Å². The Morgan fingerprint density at radius 1 is 1.00 bits per heavy atom. The Kier molecular flexibility index (Phi) is 6.67. The molecule has 3 nitrogen and oxygen atoms in total. The van der Waals surface area contributed by atoms with E-state index in [1.807, 2.05) is 6.07 Å². The maximum absolute atomic E-state index is 5.77. The Labute approximate surface area is 104 Å². The minimum absolute atomic E-state index is 0.693. The molecule has 0 aliphatic rings. The van der Waals surface area contributed by atoms with Crippen molar-refractivity contribution in [2.45, 2.75) is 26.7 Å². The smallest absolute Gasteiger partial charge is 0.125 e. The van der Waals surface area contributed by atoms with E-state index in [4.69, 9.17) is 15.2 Å². The van der Waals surface area contributed by atoms with Crippen LogP contribution in [0, 0.1) is 13.8 Å². The summed E-state index contributed by atoms with van der Waals surface area (Å²) in [7, 11) is 0. The molecule has 96 valence electrons. The highest BCUT2D eigenvalue weighted by Gasteiger charge is 2.02. The number of rotatable bonds is 8. The van der Waals surface area contributed by atoms with Crippen LogP contribution in [0.3, 0.4) is 0 Å². The van der Waals surface area contributed by atoms with Crippen LogP contribution >= 0.6 is 0 Å². The number of aryl methyl sites for hydroxylation is 2. The molecule has 0 saturated carbocycles. The van der Waals surface area contributed by atoms with Crippen molar-refractivity contribution in [2.24, 2.45) is 5.73 Å². The second-order valence-electron chi connectivity index (χ2n) is 4.18. The van der Waals surface area contributed by atoms with Crippen LogP contribution in [-0.4, -0.2) is 26.4 Å². The van der Waals surface area contributed by atoms with Crippen LogP contribution in [0.25, 0.3) is 0 Å². The molecule has 0 fully saturated rings. The molecule has 2 N–H and O–H groups in total. The molecule has 1 rings (SSSR count). The maximum atomic E-state index is 5.77. The van der Waals surface area contributed by atoms with E-state index in [1.54, 1.807) is 0 Å². The van der Waals surface area contributed by atoms with Crippen molar-refractivity contribution < 1.29 is 9.47 Å². The first-order valence-corrected chi connectivity index (χ1v) is 6.22. The average Bonchev–Trinajstić information content (AvgIpc) is 2.31. The number of para-hydroxylation sites is 1. The van der Waals surface area contributed by atoms with Gasteiger partial charge in [0, 0.05) is 19.6 Å². The van der Waals surface area contributed by atoms with E-state index in [1.165, 1.54) is 11.1 Å². The van der Waals surface area contributed by atoms with Gasteiger partial charge >= 0.3 is 0 Å². The Hall–Kier alpha value is -1.06. The van der Waals surface area contributed by atoms with Crippen LogP contribution in [0.4, 0.5) is 0 Å². The summed E-state index contributed by atoms with van der Waals surface area (Å²) >= 11 is 0. The van der Waals surface area contributed by atoms with Gasteiger partial charge in [0.15, 0.2) is 0 Å². The van der Waals surface area contributed by atoms with E-state index in [-0.39, 0.29) is 0 Å². The molecule has 17 heavy (non-hydrogen) atoms. The molecule has 0 heterocycles. The standard InChI is InChI=1S/C14H23NO2/c1-12-6-3-7-13(2)14(12)17-11-5-10-16-9-4-8-15/h3,6-7H,4-5,8-11,15H2,1-2H3. The number of benzene rings is 1. The third-order valence-corrected chi connectivity index (χ3v) is 2.58. The van der Waals surface area contributed by atoms with Crippen LogP contribution in [0.5, 0.6) is 5.75 Å². The largest absolute Gasteiger partial charge is 0.493 e. The maximum Gasteiger partial charge on any atom is 0.125 e. The molecule has 3 heteroatoms. The normalized spacial score (nSPS) is 10.5. The zero-order valence-corrected chi connectivity index (χ0v) is 10.9. The van der Waals surface area contributed by atoms with Gasteiger partial charge in [0.2, 0.25) is 0 Å². The lowest BCUT2D eigenvalue weighted by molar-refractivity contribution is 0.118. The summed E-state index contributed by atoms with van der Waals surface area (Å²) in [6.07, 6.45) is 1.84. The molecule has 0 amide bonds. The first-order chi connectivity index (χ1) is 8.25. The monoisotopic (exact) mass is 237 g/mol. The van der Waals surface area contributed by atoms with Gasteiger partial charge in [-0.3, -0.25) is 0 Å². The van der Waals surface area contributed by atoms with Crippen molar-refractivity contribution in [3.8, 4) is 5.75 Å². The van der Waals surface area contributed by atoms with E-state index in [0.717, 1.165) is 31.8 Å². The minimum Gasteiger partial charge on any atom is -0.493 e. The molecule has 0 aliphatic heterocycles. The molecule has 0 spiro atoms. The summed E-state index contributed by atoms with van der Waals surface area (Å²) in [6.45, 7) is 7.03.